The van der Waals surface area contributed by atoms with Gasteiger partial charge in [-0.25, -0.2) is 9.18 Å². The molecular weight excluding hydrogens is 464 g/mol. The number of nitrogens with two attached hydrogens (primary N) is 2. The summed E-state index contributed by atoms with van der Waals surface area (Å²) in [5, 5.41) is 0.496. The maximum Gasteiger partial charge on any atom is 0.315 e. The van der Waals surface area contributed by atoms with Crippen LogP contribution in [-0.2, 0) is 19.6 Å². The highest BCUT2D eigenvalue weighted by atomic mass is 35.5. The third kappa shape index (κ3) is 10.1. The van der Waals surface area contributed by atoms with E-state index >= 15 is 0 Å². The Morgan fingerprint density at radius 3 is 2.18 bits per heavy atom. The molecule has 5 nitrogen and oxygen atoms in total. The van der Waals surface area contributed by atoms with Gasteiger partial charge in [0.2, 0.25) is 0 Å². The van der Waals surface area contributed by atoms with Gasteiger partial charge in [-0.3, -0.25) is 0 Å². The Bertz CT molecular complexity index is 973. The fourth-order valence-corrected chi connectivity index (χ4v) is 3.12. The van der Waals surface area contributed by atoms with E-state index in [1.165, 1.54) is 22.6 Å². The zero-order valence-electron chi connectivity index (χ0n) is 18.5. The van der Waals surface area contributed by atoms with Crippen molar-refractivity contribution < 1.29 is 13.9 Å². The van der Waals surface area contributed by atoms with Crippen LogP contribution in [0.15, 0.2) is 72.8 Å². The molecule has 4 N–H and O–H groups in total. The molecule has 8 heteroatoms. The molecule has 2 amide bonds. The van der Waals surface area contributed by atoms with Crippen molar-refractivity contribution in [2.45, 2.75) is 26.5 Å². The molecule has 0 saturated carbocycles. The summed E-state index contributed by atoms with van der Waals surface area (Å²) in [5.41, 5.74) is 13.9. The second-order valence-electron chi connectivity index (χ2n) is 7.07. The largest absolute Gasteiger partial charge is 0.487 e. The van der Waals surface area contributed by atoms with Crippen molar-refractivity contribution >= 4 is 30.0 Å². The molecule has 0 aliphatic carbocycles. The molecule has 0 unspecified atom stereocenters. The van der Waals surface area contributed by atoms with Crippen LogP contribution in [0.1, 0.15) is 23.6 Å². The highest BCUT2D eigenvalue weighted by Crippen LogP contribution is 2.27. The summed E-state index contributed by atoms with van der Waals surface area (Å²) in [4.78, 5) is 12.8. The molecule has 178 valence electrons. The molecule has 0 spiro atoms. The number of primary amides is 1. The van der Waals surface area contributed by atoms with Gasteiger partial charge in [-0.05, 0) is 47.4 Å². The second-order valence-corrected chi connectivity index (χ2v) is 7.47. The second kappa shape index (κ2) is 15.1. The van der Waals surface area contributed by atoms with E-state index < -0.39 is 6.03 Å². The van der Waals surface area contributed by atoms with Gasteiger partial charge in [-0.1, -0.05) is 67.1 Å². The molecule has 3 aromatic carbocycles. The Kier molecular flexibility index (Phi) is 12.9. The van der Waals surface area contributed by atoms with E-state index in [0.29, 0.717) is 37.0 Å². The zero-order valence-corrected chi connectivity index (χ0v) is 20.1. The number of benzene rings is 3. The van der Waals surface area contributed by atoms with Crippen molar-refractivity contribution in [2.75, 3.05) is 13.1 Å². The Morgan fingerprint density at radius 2 is 1.64 bits per heavy atom. The van der Waals surface area contributed by atoms with Crippen LogP contribution in [-0.4, -0.2) is 24.0 Å². The molecule has 0 radical (unpaired) electrons. The summed E-state index contributed by atoms with van der Waals surface area (Å²) in [7, 11) is 0. The number of urea groups is 1. The van der Waals surface area contributed by atoms with Gasteiger partial charge in [0.25, 0.3) is 0 Å². The first-order valence-corrected chi connectivity index (χ1v) is 10.7. The van der Waals surface area contributed by atoms with Gasteiger partial charge in [0.1, 0.15) is 18.2 Å². The van der Waals surface area contributed by atoms with Gasteiger partial charge < -0.3 is 21.1 Å². The van der Waals surface area contributed by atoms with Crippen LogP contribution in [0.2, 0.25) is 5.02 Å². The van der Waals surface area contributed by atoms with Crippen molar-refractivity contribution in [1.29, 1.82) is 0 Å². The molecule has 0 fully saturated rings. The number of carbonyl (C=O) groups excluding carboxylic acids is 1. The number of ether oxygens (including phenoxy) is 1. The first-order chi connectivity index (χ1) is 15.4. The highest BCUT2D eigenvalue weighted by Gasteiger charge is 2.11. The molecule has 0 atom stereocenters. The van der Waals surface area contributed by atoms with E-state index in [0.717, 1.165) is 17.5 Å². The van der Waals surface area contributed by atoms with E-state index in [1.54, 1.807) is 24.3 Å². The lowest BCUT2D eigenvalue weighted by atomic mass is 10.2. The van der Waals surface area contributed by atoms with E-state index in [9.17, 15) is 9.18 Å². The Hall–Kier alpha value is -2.80. The van der Waals surface area contributed by atoms with Crippen LogP contribution in [0.5, 0.6) is 5.75 Å². The Morgan fingerprint density at radius 1 is 1.00 bits per heavy atom. The van der Waals surface area contributed by atoms with Crippen LogP contribution in [0.3, 0.4) is 0 Å². The quantitative estimate of drug-likeness (QED) is 0.430. The zero-order chi connectivity index (χ0) is 23.3. The lowest BCUT2D eigenvalue weighted by Crippen LogP contribution is -2.38. The van der Waals surface area contributed by atoms with Crippen LogP contribution in [0, 0.1) is 5.82 Å². The van der Waals surface area contributed by atoms with E-state index in [4.69, 9.17) is 27.8 Å². The minimum absolute atomic E-state index is 0. The third-order valence-electron chi connectivity index (χ3n) is 4.64. The van der Waals surface area contributed by atoms with Crippen molar-refractivity contribution in [3.8, 4) is 5.75 Å². The highest BCUT2D eigenvalue weighted by molar-refractivity contribution is 6.32. The predicted molar refractivity (Wildman–Crippen MR) is 134 cm³/mol. The Labute approximate surface area is 205 Å². The summed E-state index contributed by atoms with van der Waals surface area (Å²) in [6.07, 6.45) is 0.972. The number of hydrogen-bond acceptors (Lipinski definition) is 3. The fraction of sp³-hybridized carbons (Fsp3) is 0.240. The van der Waals surface area contributed by atoms with Crippen LogP contribution in [0.25, 0.3) is 0 Å². The average Bonchev–Trinajstić information content (AvgIpc) is 2.80. The van der Waals surface area contributed by atoms with Crippen LogP contribution < -0.4 is 16.2 Å². The molecule has 33 heavy (non-hydrogen) atoms. The van der Waals surface area contributed by atoms with Gasteiger partial charge in [0.15, 0.2) is 0 Å². The molecule has 0 bridgehead atoms. The number of rotatable bonds is 8. The number of halogens is 3. The number of amides is 2. The van der Waals surface area contributed by atoms with Crippen molar-refractivity contribution in [3.05, 3.63) is 100 Å². The minimum Gasteiger partial charge on any atom is -0.487 e. The molecule has 0 aliphatic rings. The standard InChI is InChI=1S/C17H20ClN3O2.C8H9F.ClH/c18-15-10-14(11-21(9-8-19)17(20)22)6-7-16(15)23-12-13-4-2-1-3-5-13;1-2-7-3-5-8(9)6-4-7;/h1-7,10H,8-9,11-12,19H2,(H2,20,22);3-6H,2H2,1H3;1H. The number of hydrogen-bond donors (Lipinski definition) is 2. The first kappa shape index (κ1) is 28.2. The predicted octanol–water partition coefficient (Wildman–Crippen LogP) is 5.57. The number of nitrogens with zero attached hydrogens (tertiary/aromatic N) is 1. The topological polar surface area (TPSA) is 81.6 Å². The van der Waals surface area contributed by atoms with Gasteiger partial charge in [0, 0.05) is 19.6 Å². The summed E-state index contributed by atoms with van der Waals surface area (Å²) in [6.45, 7) is 3.62. The normalized spacial score (nSPS) is 9.82. The molecule has 3 aromatic rings. The maximum atomic E-state index is 12.2. The monoisotopic (exact) mass is 493 g/mol. The third-order valence-corrected chi connectivity index (χ3v) is 4.93. The molecular formula is C25H30Cl2FN3O2. The van der Waals surface area contributed by atoms with Crippen LogP contribution >= 0.6 is 24.0 Å². The summed E-state index contributed by atoms with van der Waals surface area (Å²) < 4.78 is 17.9. The van der Waals surface area contributed by atoms with Gasteiger partial charge in [-0.15, -0.1) is 12.4 Å². The fourth-order valence-electron chi connectivity index (χ4n) is 2.86. The summed E-state index contributed by atoms with van der Waals surface area (Å²) in [5.74, 6) is 0.441. The average molecular weight is 494 g/mol. The van der Waals surface area contributed by atoms with Gasteiger partial charge >= 0.3 is 6.03 Å². The first-order valence-electron chi connectivity index (χ1n) is 10.4. The van der Waals surface area contributed by atoms with Gasteiger partial charge in [-0.2, -0.15) is 0 Å². The molecule has 0 heterocycles. The SMILES string of the molecule is CCc1ccc(F)cc1.Cl.NCCN(Cc1ccc(OCc2ccccc2)c(Cl)c1)C(N)=O. The maximum absolute atomic E-state index is 12.2. The Balaban J connectivity index is 0.000000458. The van der Waals surface area contributed by atoms with Crippen molar-refractivity contribution in [1.82, 2.24) is 4.90 Å². The van der Waals surface area contributed by atoms with Crippen molar-refractivity contribution in [2.24, 2.45) is 11.5 Å². The van der Waals surface area contributed by atoms with E-state index in [2.05, 4.69) is 0 Å². The lowest BCUT2D eigenvalue weighted by Gasteiger charge is -2.20. The minimum atomic E-state index is -0.504. The molecule has 0 aromatic heterocycles. The number of aryl methyl sites for hydroxylation is 1. The van der Waals surface area contributed by atoms with Gasteiger partial charge in [0.05, 0.1) is 5.02 Å². The number of carbonyl (C=O) groups is 1. The molecule has 3 rings (SSSR count). The van der Waals surface area contributed by atoms with Crippen LogP contribution in [0.4, 0.5) is 9.18 Å². The smallest absolute Gasteiger partial charge is 0.315 e. The lowest BCUT2D eigenvalue weighted by molar-refractivity contribution is 0.206. The van der Waals surface area contributed by atoms with Crippen molar-refractivity contribution in [3.63, 3.8) is 0 Å². The van der Waals surface area contributed by atoms with E-state index in [-0.39, 0.29) is 18.2 Å². The summed E-state index contributed by atoms with van der Waals surface area (Å²) in [6, 6.07) is 21.3. The van der Waals surface area contributed by atoms with E-state index in [1.807, 2.05) is 43.3 Å². The summed E-state index contributed by atoms with van der Waals surface area (Å²) >= 11 is 6.25. The molecule has 0 aliphatic heterocycles. The molecule has 0 saturated heterocycles.